The van der Waals surface area contributed by atoms with E-state index in [1.807, 2.05) is 13.8 Å². The van der Waals surface area contributed by atoms with Crippen molar-refractivity contribution in [2.75, 3.05) is 5.33 Å². The highest BCUT2D eigenvalue weighted by Gasteiger charge is 2.16. The summed E-state index contributed by atoms with van der Waals surface area (Å²) in [5.41, 5.74) is -0.00546. The minimum absolute atomic E-state index is 0.00546. The Morgan fingerprint density at radius 2 is 1.82 bits per heavy atom. The maximum atomic E-state index is 12.9. The summed E-state index contributed by atoms with van der Waals surface area (Å²) in [6.07, 6.45) is 0. The molecule has 0 aliphatic carbocycles. The van der Waals surface area contributed by atoms with Gasteiger partial charge in [0.25, 0.3) is 5.91 Å². The Labute approximate surface area is 108 Å². The second kappa shape index (κ2) is 6.10. The lowest BCUT2D eigenvalue weighted by Gasteiger charge is -2.19. The highest BCUT2D eigenvalue weighted by molar-refractivity contribution is 9.09. The van der Waals surface area contributed by atoms with Crippen molar-refractivity contribution in [3.63, 3.8) is 0 Å². The Bertz CT molecular complexity index is 389. The SMILES string of the molecule is CC(C)C(CBr)NC(=O)c1cc(F)cc(F)c1. The van der Waals surface area contributed by atoms with Crippen LogP contribution in [0.3, 0.4) is 0 Å². The number of carbonyl (C=O) groups excluding carboxylic acids is 1. The first-order valence-electron chi connectivity index (χ1n) is 5.27. The summed E-state index contributed by atoms with van der Waals surface area (Å²) >= 11 is 3.28. The highest BCUT2D eigenvalue weighted by atomic mass is 79.9. The van der Waals surface area contributed by atoms with E-state index in [0.29, 0.717) is 5.33 Å². The van der Waals surface area contributed by atoms with Crippen molar-refractivity contribution >= 4 is 21.8 Å². The molecular formula is C12H14BrF2NO. The van der Waals surface area contributed by atoms with Crippen molar-refractivity contribution in [2.24, 2.45) is 5.92 Å². The average molecular weight is 306 g/mol. The maximum absolute atomic E-state index is 12.9. The smallest absolute Gasteiger partial charge is 0.251 e. The molecule has 0 aromatic heterocycles. The van der Waals surface area contributed by atoms with Crippen LogP contribution in [0.15, 0.2) is 18.2 Å². The number of alkyl halides is 1. The zero-order valence-electron chi connectivity index (χ0n) is 9.64. The first kappa shape index (κ1) is 14.1. The number of hydrogen-bond acceptors (Lipinski definition) is 1. The van der Waals surface area contributed by atoms with Gasteiger partial charge in [0.05, 0.1) is 0 Å². The van der Waals surface area contributed by atoms with Gasteiger partial charge in [-0.05, 0) is 18.1 Å². The molecular weight excluding hydrogens is 292 g/mol. The van der Waals surface area contributed by atoms with Crippen LogP contribution in [-0.2, 0) is 0 Å². The molecule has 0 saturated heterocycles. The lowest BCUT2D eigenvalue weighted by atomic mass is 10.1. The molecule has 17 heavy (non-hydrogen) atoms. The third kappa shape index (κ3) is 4.07. The van der Waals surface area contributed by atoms with E-state index in [2.05, 4.69) is 21.2 Å². The Morgan fingerprint density at radius 1 is 1.29 bits per heavy atom. The Morgan fingerprint density at radius 3 is 2.24 bits per heavy atom. The van der Waals surface area contributed by atoms with Gasteiger partial charge in [0.15, 0.2) is 0 Å². The second-order valence-corrected chi connectivity index (χ2v) is 4.78. The molecule has 2 nitrogen and oxygen atoms in total. The van der Waals surface area contributed by atoms with Crippen molar-refractivity contribution in [3.8, 4) is 0 Å². The summed E-state index contributed by atoms with van der Waals surface area (Å²) < 4.78 is 25.9. The fourth-order valence-corrected chi connectivity index (χ4v) is 2.23. The fraction of sp³-hybridized carbons (Fsp3) is 0.417. The predicted octanol–water partition coefficient (Wildman–Crippen LogP) is 3.11. The fourth-order valence-electron chi connectivity index (χ4n) is 1.32. The monoisotopic (exact) mass is 305 g/mol. The van der Waals surface area contributed by atoms with Gasteiger partial charge in [0, 0.05) is 23.0 Å². The molecule has 0 spiro atoms. The Hall–Kier alpha value is -0.970. The van der Waals surface area contributed by atoms with Crippen LogP contribution in [0, 0.1) is 17.6 Å². The van der Waals surface area contributed by atoms with E-state index in [0.717, 1.165) is 18.2 Å². The summed E-state index contributed by atoms with van der Waals surface area (Å²) in [7, 11) is 0. The van der Waals surface area contributed by atoms with Crippen molar-refractivity contribution in [1.82, 2.24) is 5.32 Å². The molecule has 1 N–H and O–H groups in total. The molecule has 1 aromatic carbocycles. The molecule has 94 valence electrons. The number of nitrogens with one attached hydrogen (secondary N) is 1. The first-order valence-corrected chi connectivity index (χ1v) is 6.39. The van der Waals surface area contributed by atoms with Gasteiger partial charge >= 0.3 is 0 Å². The third-order valence-corrected chi connectivity index (χ3v) is 3.11. The van der Waals surface area contributed by atoms with Gasteiger partial charge in [-0.15, -0.1) is 0 Å². The topological polar surface area (TPSA) is 29.1 Å². The molecule has 0 heterocycles. The van der Waals surface area contributed by atoms with Gasteiger partial charge < -0.3 is 5.32 Å². The van der Waals surface area contributed by atoms with Gasteiger partial charge in [0.2, 0.25) is 0 Å². The lowest BCUT2D eigenvalue weighted by Crippen LogP contribution is -2.39. The zero-order chi connectivity index (χ0) is 13.0. The maximum Gasteiger partial charge on any atom is 0.251 e. The average Bonchev–Trinajstić information content (AvgIpc) is 2.23. The van der Waals surface area contributed by atoms with E-state index in [1.165, 1.54) is 0 Å². The quantitative estimate of drug-likeness (QED) is 0.851. The van der Waals surface area contributed by atoms with Crippen LogP contribution in [-0.4, -0.2) is 17.3 Å². The number of benzene rings is 1. The van der Waals surface area contributed by atoms with Crippen molar-refractivity contribution < 1.29 is 13.6 Å². The van der Waals surface area contributed by atoms with E-state index < -0.39 is 17.5 Å². The van der Waals surface area contributed by atoms with E-state index in [4.69, 9.17) is 0 Å². The molecule has 0 saturated carbocycles. The molecule has 0 fully saturated rings. The van der Waals surface area contributed by atoms with Gasteiger partial charge in [0.1, 0.15) is 11.6 Å². The van der Waals surface area contributed by atoms with Crippen molar-refractivity contribution in [2.45, 2.75) is 19.9 Å². The summed E-state index contributed by atoms with van der Waals surface area (Å²) in [6.45, 7) is 3.91. The summed E-state index contributed by atoms with van der Waals surface area (Å²) in [4.78, 5) is 11.8. The van der Waals surface area contributed by atoms with Crippen LogP contribution in [0.4, 0.5) is 8.78 Å². The van der Waals surface area contributed by atoms with Gasteiger partial charge in [-0.25, -0.2) is 8.78 Å². The van der Waals surface area contributed by atoms with Crippen LogP contribution in [0.25, 0.3) is 0 Å². The van der Waals surface area contributed by atoms with Crippen LogP contribution in [0.5, 0.6) is 0 Å². The first-order chi connectivity index (χ1) is 7.93. The standard InChI is InChI=1S/C12H14BrF2NO/c1-7(2)11(6-13)16-12(17)8-3-9(14)5-10(15)4-8/h3-5,7,11H,6H2,1-2H3,(H,16,17). The molecule has 5 heteroatoms. The highest BCUT2D eigenvalue weighted by Crippen LogP contribution is 2.10. The predicted molar refractivity (Wildman–Crippen MR) is 66.2 cm³/mol. The molecule has 0 aliphatic rings. The number of halogens is 3. The van der Waals surface area contributed by atoms with Crippen molar-refractivity contribution in [1.29, 1.82) is 0 Å². The van der Waals surface area contributed by atoms with Crippen LogP contribution < -0.4 is 5.32 Å². The Balaban J connectivity index is 2.82. The molecule has 1 amide bonds. The van der Waals surface area contributed by atoms with E-state index in [1.54, 1.807) is 0 Å². The van der Waals surface area contributed by atoms with Crippen LogP contribution in [0.2, 0.25) is 0 Å². The molecule has 1 atom stereocenters. The Kier molecular flexibility index (Phi) is 5.05. The normalized spacial score (nSPS) is 12.6. The minimum atomic E-state index is -0.755. The van der Waals surface area contributed by atoms with E-state index in [-0.39, 0.29) is 17.5 Å². The van der Waals surface area contributed by atoms with E-state index >= 15 is 0 Å². The number of amides is 1. The van der Waals surface area contributed by atoms with Crippen LogP contribution >= 0.6 is 15.9 Å². The van der Waals surface area contributed by atoms with Crippen LogP contribution in [0.1, 0.15) is 24.2 Å². The van der Waals surface area contributed by atoms with Gasteiger partial charge in [-0.2, -0.15) is 0 Å². The number of hydrogen-bond donors (Lipinski definition) is 1. The van der Waals surface area contributed by atoms with Crippen molar-refractivity contribution in [3.05, 3.63) is 35.4 Å². The molecule has 1 aromatic rings. The zero-order valence-corrected chi connectivity index (χ0v) is 11.2. The largest absolute Gasteiger partial charge is 0.348 e. The lowest BCUT2D eigenvalue weighted by molar-refractivity contribution is 0.0931. The second-order valence-electron chi connectivity index (χ2n) is 4.14. The molecule has 0 radical (unpaired) electrons. The van der Waals surface area contributed by atoms with E-state index in [9.17, 15) is 13.6 Å². The molecule has 1 unspecified atom stereocenters. The molecule has 1 rings (SSSR count). The number of rotatable bonds is 4. The summed E-state index contributed by atoms with van der Waals surface area (Å²) in [5, 5.41) is 3.31. The number of carbonyl (C=O) groups is 1. The van der Waals surface area contributed by atoms with Gasteiger partial charge in [-0.1, -0.05) is 29.8 Å². The summed E-state index contributed by atoms with van der Waals surface area (Å²) in [5.74, 6) is -1.75. The third-order valence-electron chi connectivity index (χ3n) is 2.41. The molecule has 0 aliphatic heterocycles. The van der Waals surface area contributed by atoms with Gasteiger partial charge in [-0.3, -0.25) is 4.79 Å². The summed E-state index contributed by atoms with van der Waals surface area (Å²) in [6, 6.07) is 2.70. The molecule has 0 bridgehead atoms. The minimum Gasteiger partial charge on any atom is -0.348 e.